The van der Waals surface area contributed by atoms with E-state index in [1.807, 2.05) is 4.90 Å². The molecule has 1 aromatic rings. The second-order valence-electron chi connectivity index (χ2n) is 4.80. The molecule has 1 amide bonds. The van der Waals surface area contributed by atoms with Crippen LogP contribution in [0, 0.1) is 0 Å². The Labute approximate surface area is 106 Å². The van der Waals surface area contributed by atoms with Crippen LogP contribution in [-0.2, 0) is 11.3 Å². The van der Waals surface area contributed by atoms with Crippen molar-refractivity contribution < 1.29 is 4.79 Å². The fraction of sp³-hybridized carbons (Fsp3) is 0.583. The van der Waals surface area contributed by atoms with Gasteiger partial charge in [-0.2, -0.15) is 0 Å². The molecule has 0 bridgehead atoms. The third-order valence-corrected chi connectivity index (χ3v) is 3.72. The first kappa shape index (κ1) is 11.4. The van der Waals surface area contributed by atoms with Crippen molar-refractivity contribution in [2.75, 3.05) is 24.5 Å². The van der Waals surface area contributed by atoms with Crippen LogP contribution in [0.2, 0.25) is 0 Å². The van der Waals surface area contributed by atoms with Gasteiger partial charge >= 0.3 is 0 Å². The molecule has 0 aliphatic carbocycles. The molecule has 2 aliphatic rings. The van der Waals surface area contributed by atoms with Gasteiger partial charge in [-0.3, -0.25) is 9.78 Å². The number of rotatable bonds is 2. The number of nitrogens with two attached hydrogens (primary N) is 1. The van der Waals surface area contributed by atoms with Gasteiger partial charge in [-0.15, -0.1) is 0 Å². The summed E-state index contributed by atoms with van der Waals surface area (Å²) in [4.78, 5) is 24.4. The van der Waals surface area contributed by atoms with E-state index in [4.69, 9.17) is 5.73 Å². The summed E-state index contributed by atoms with van der Waals surface area (Å²) in [5.41, 5.74) is 6.30. The molecule has 1 unspecified atom stereocenters. The van der Waals surface area contributed by atoms with E-state index in [0.717, 1.165) is 37.6 Å². The Hall–Kier alpha value is -1.69. The van der Waals surface area contributed by atoms with Crippen molar-refractivity contribution in [2.24, 2.45) is 5.73 Å². The summed E-state index contributed by atoms with van der Waals surface area (Å²) >= 11 is 0. The molecule has 6 nitrogen and oxygen atoms in total. The van der Waals surface area contributed by atoms with Crippen LogP contribution in [0.5, 0.6) is 0 Å². The maximum atomic E-state index is 11.6. The molecule has 0 radical (unpaired) electrons. The summed E-state index contributed by atoms with van der Waals surface area (Å²) in [6, 6.07) is 0.349. The third kappa shape index (κ3) is 1.92. The van der Waals surface area contributed by atoms with E-state index >= 15 is 0 Å². The molecule has 0 saturated carbocycles. The highest BCUT2D eigenvalue weighted by molar-refractivity contribution is 5.79. The van der Waals surface area contributed by atoms with Gasteiger partial charge in [-0.1, -0.05) is 0 Å². The maximum absolute atomic E-state index is 11.6. The fourth-order valence-corrected chi connectivity index (χ4v) is 2.69. The van der Waals surface area contributed by atoms with E-state index in [1.54, 1.807) is 12.4 Å². The number of hydrogen-bond acceptors (Lipinski definition) is 5. The highest BCUT2D eigenvalue weighted by atomic mass is 16.2. The number of amides is 1. The number of anilines is 1. The first-order valence-corrected chi connectivity index (χ1v) is 6.33. The smallest absolute Gasteiger partial charge is 0.223 e. The molecular weight excluding hydrogens is 230 g/mol. The van der Waals surface area contributed by atoms with E-state index in [2.05, 4.69) is 14.9 Å². The highest BCUT2D eigenvalue weighted by Gasteiger charge is 2.35. The molecule has 1 aromatic heterocycles. The molecule has 2 saturated heterocycles. The van der Waals surface area contributed by atoms with E-state index in [-0.39, 0.29) is 0 Å². The van der Waals surface area contributed by atoms with Crippen molar-refractivity contribution >= 4 is 11.7 Å². The minimum Gasteiger partial charge on any atom is -0.352 e. The van der Waals surface area contributed by atoms with Gasteiger partial charge in [0, 0.05) is 38.6 Å². The molecule has 1 atom stereocenters. The average molecular weight is 247 g/mol. The lowest BCUT2D eigenvalue weighted by Gasteiger charge is -2.38. The summed E-state index contributed by atoms with van der Waals surface area (Å²) in [5.74, 6) is 1.18. The molecule has 96 valence electrons. The van der Waals surface area contributed by atoms with Gasteiger partial charge in [0.2, 0.25) is 5.91 Å². The first-order valence-electron chi connectivity index (χ1n) is 6.33. The van der Waals surface area contributed by atoms with Crippen LogP contribution >= 0.6 is 0 Å². The van der Waals surface area contributed by atoms with Crippen molar-refractivity contribution in [3.05, 3.63) is 18.1 Å². The quantitative estimate of drug-likeness (QED) is 0.779. The van der Waals surface area contributed by atoms with Gasteiger partial charge in [-0.05, 0) is 6.42 Å². The topological polar surface area (TPSA) is 75.3 Å². The molecule has 2 aliphatic heterocycles. The highest BCUT2D eigenvalue weighted by Crippen LogP contribution is 2.24. The minimum atomic E-state index is 0.296. The third-order valence-electron chi connectivity index (χ3n) is 3.72. The summed E-state index contributed by atoms with van der Waals surface area (Å²) < 4.78 is 0. The number of aromatic nitrogens is 2. The SMILES string of the molecule is NCc1cnc(N2CCN3C(=O)CCC3C2)cn1. The Morgan fingerprint density at radius 3 is 2.94 bits per heavy atom. The summed E-state index contributed by atoms with van der Waals surface area (Å²) in [6.07, 6.45) is 5.15. The molecule has 3 heterocycles. The summed E-state index contributed by atoms with van der Waals surface area (Å²) in [7, 11) is 0. The van der Waals surface area contributed by atoms with Crippen molar-refractivity contribution in [2.45, 2.75) is 25.4 Å². The second-order valence-corrected chi connectivity index (χ2v) is 4.80. The van der Waals surface area contributed by atoms with Crippen molar-refractivity contribution in [1.82, 2.24) is 14.9 Å². The Bertz CT molecular complexity index is 446. The number of piperazine rings is 1. The van der Waals surface area contributed by atoms with Gasteiger partial charge in [0.15, 0.2) is 0 Å². The lowest BCUT2D eigenvalue weighted by molar-refractivity contribution is -0.129. The number of hydrogen-bond donors (Lipinski definition) is 1. The van der Waals surface area contributed by atoms with E-state index in [9.17, 15) is 4.79 Å². The lowest BCUT2D eigenvalue weighted by Crippen LogP contribution is -2.51. The Balaban J connectivity index is 1.72. The standard InChI is InChI=1S/C12H17N5O/c13-5-9-6-15-11(7-14-9)16-3-4-17-10(8-16)1-2-12(17)18/h6-7,10H,1-5,8,13H2. The molecule has 18 heavy (non-hydrogen) atoms. The molecule has 2 N–H and O–H groups in total. The number of fused-ring (bicyclic) bond motifs is 1. The Morgan fingerprint density at radius 1 is 1.33 bits per heavy atom. The van der Waals surface area contributed by atoms with Crippen LogP contribution in [0.15, 0.2) is 12.4 Å². The molecule has 0 aromatic carbocycles. The van der Waals surface area contributed by atoms with Crippen LogP contribution in [0.4, 0.5) is 5.82 Å². The van der Waals surface area contributed by atoms with E-state index in [1.165, 1.54) is 0 Å². The zero-order chi connectivity index (χ0) is 12.5. The summed E-state index contributed by atoms with van der Waals surface area (Å²) in [5, 5.41) is 0. The van der Waals surface area contributed by atoms with E-state index < -0.39 is 0 Å². The largest absolute Gasteiger partial charge is 0.352 e. The first-order chi connectivity index (χ1) is 8.78. The lowest BCUT2D eigenvalue weighted by atomic mass is 10.1. The van der Waals surface area contributed by atoms with Gasteiger partial charge in [0.1, 0.15) is 5.82 Å². The van der Waals surface area contributed by atoms with Crippen molar-refractivity contribution in [3.63, 3.8) is 0 Å². The summed E-state index contributed by atoms with van der Waals surface area (Å²) in [6.45, 7) is 2.91. The van der Waals surface area contributed by atoms with Crippen LogP contribution < -0.4 is 10.6 Å². The monoisotopic (exact) mass is 247 g/mol. The average Bonchev–Trinajstić information content (AvgIpc) is 2.80. The van der Waals surface area contributed by atoms with Crippen LogP contribution in [-0.4, -0.2) is 46.5 Å². The van der Waals surface area contributed by atoms with Crippen LogP contribution in [0.3, 0.4) is 0 Å². The number of nitrogens with zero attached hydrogens (tertiary/aromatic N) is 4. The zero-order valence-electron chi connectivity index (χ0n) is 10.2. The maximum Gasteiger partial charge on any atom is 0.223 e. The Kier molecular flexibility index (Phi) is 2.87. The van der Waals surface area contributed by atoms with Crippen LogP contribution in [0.25, 0.3) is 0 Å². The molecule has 3 rings (SSSR count). The van der Waals surface area contributed by atoms with Gasteiger partial charge in [0.05, 0.1) is 18.1 Å². The normalized spacial score (nSPS) is 23.4. The minimum absolute atomic E-state index is 0.296. The predicted octanol–water partition coefficient (Wildman–Crippen LogP) is -0.254. The van der Waals surface area contributed by atoms with Gasteiger partial charge < -0.3 is 15.5 Å². The van der Waals surface area contributed by atoms with Gasteiger partial charge in [-0.25, -0.2) is 4.98 Å². The molecule has 2 fully saturated rings. The fourth-order valence-electron chi connectivity index (χ4n) is 2.69. The van der Waals surface area contributed by atoms with Gasteiger partial charge in [0.25, 0.3) is 0 Å². The van der Waals surface area contributed by atoms with Crippen molar-refractivity contribution in [3.8, 4) is 0 Å². The Morgan fingerprint density at radius 2 is 2.22 bits per heavy atom. The number of carbonyl (C=O) groups is 1. The molecule has 0 spiro atoms. The van der Waals surface area contributed by atoms with E-state index in [0.29, 0.717) is 24.9 Å². The van der Waals surface area contributed by atoms with Crippen LogP contribution in [0.1, 0.15) is 18.5 Å². The second kappa shape index (κ2) is 4.53. The number of carbonyl (C=O) groups excluding carboxylic acids is 1. The molecular formula is C12H17N5O. The van der Waals surface area contributed by atoms with Crippen molar-refractivity contribution in [1.29, 1.82) is 0 Å². The predicted molar refractivity (Wildman–Crippen MR) is 66.9 cm³/mol. The molecule has 6 heteroatoms. The zero-order valence-corrected chi connectivity index (χ0v) is 10.2.